The zero-order valence-electron chi connectivity index (χ0n) is 17.8. The summed E-state index contributed by atoms with van der Waals surface area (Å²) in [6, 6.07) is 8.65. The highest BCUT2D eigenvalue weighted by Crippen LogP contribution is 2.27. The van der Waals surface area contributed by atoms with Gasteiger partial charge in [0.25, 0.3) is 0 Å². The van der Waals surface area contributed by atoms with Gasteiger partial charge in [0.05, 0.1) is 16.8 Å². The third kappa shape index (κ3) is 3.65. The van der Waals surface area contributed by atoms with Crippen molar-refractivity contribution in [2.45, 2.75) is 32.9 Å². The molecule has 0 amide bonds. The van der Waals surface area contributed by atoms with Crippen LogP contribution in [0.2, 0.25) is 0 Å². The molecule has 160 valence electrons. The lowest BCUT2D eigenvalue weighted by molar-refractivity contribution is 0.0535. The first-order chi connectivity index (χ1) is 15.5. The van der Waals surface area contributed by atoms with Gasteiger partial charge in [0.15, 0.2) is 5.82 Å². The minimum Gasteiger partial charge on any atom is -0.457 e. The Morgan fingerprint density at radius 2 is 2.16 bits per heavy atom. The average Bonchev–Trinajstić information content (AvgIpc) is 3.19. The van der Waals surface area contributed by atoms with Gasteiger partial charge in [0.1, 0.15) is 12.4 Å². The molecule has 2 aromatic carbocycles. The Morgan fingerprint density at radius 3 is 2.97 bits per heavy atom. The number of ether oxygens (including phenoxy) is 1. The lowest BCUT2D eigenvalue weighted by Crippen LogP contribution is -2.33. The highest BCUT2D eigenvalue weighted by atomic mass is 19.1. The molecule has 0 saturated heterocycles. The summed E-state index contributed by atoms with van der Waals surface area (Å²) in [4.78, 5) is 23.3. The first kappa shape index (κ1) is 20.3. The SMILES string of the molecule is C#Cc1ccc(-c2ncc3c(n2)CCN(CCc2ccc4c(c2C)COC4=O)C3)cc1F. The number of cyclic esters (lactones) is 1. The van der Waals surface area contributed by atoms with E-state index in [0.29, 0.717) is 23.6 Å². The Hall–Kier alpha value is -3.56. The van der Waals surface area contributed by atoms with Crippen molar-refractivity contribution in [3.63, 3.8) is 0 Å². The highest BCUT2D eigenvalue weighted by Gasteiger charge is 2.24. The molecule has 0 unspecified atom stereocenters. The third-order valence-corrected chi connectivity index (χ3v) is 6.37. The van der Waals surface area contributed by atoms with E-state index in [2.05, 4.69) is 22.7 Å². The Kier molecular flexibility index (Phi) is 5.20. The van der Waals surface area contributed by atoms with Gasteiger partial charge in [-0.15, -0.1) is 6.42 Å². The Balaban J connectivity index is 1.27. The molecule has 0 fully saturated rings. The maximum Gasteiger partial charge on any atom is 0.338 e. The molecule has 0 radical (unpaired) electrons. The molecule has 0 bridgehead atoms. The molecule has 5 nitrogen and oxygen atoms in total. The van der Waals surface area contributed by atoms with Crippen LogP contribution in [0.4, 0.5) is 4.39 Å². The maximum atomic E-state index is 14.0. The van der Waals surface area contributed by atoms with Crippen molar-refractivity contribution < 1.29 is 13.9 Å². The summed E-state index contributed by atoms with van der Waals surface area (Å²) < 4.78 is 19.2. The molecule has 2 aliphatic heterocycles. The van der Waals surface area contributed by atoms with Gasteiger partial charge in [-0.25, -0.2) is 19.2 Å². The summed E-state index contributed by atoms with van der Waals surface area (Å²) in [5, 5.41) is 0. The number of aromatic nitrogens is 2. The number of halogens is 1. The summed E-state index contributed by atoms with van der Waals surface area (Å²) in [6.45, 7) is 5.04. The largest absolute Gasteiger partial charge is 0.457 e. The predicted molar refractivity (Wildman–Crippen MR) is 118 cm³/mol. The molecular weight excluding hydrogens is 405 g/mol. The van der Waals surface area contributed by atoms with Crippen LogP contribution in [-0.2, 0) is 30.7 Å². The number of fused-ring (bicyclic) bond motifs is 2. The zero-order valence-corrected chi connectivity index (χ0v) is 17.8. The fourth-order valence-corrected chi connectivity index (χ4v) is 4.42. The normalized spacial score (nSPS) is 15.1. The van der Waals surface area contributed by atoms with Gasteiger partial charge < -0.3 is 4.74 Å². The number of carbonyl (C=O) groups excluding carboxylic acids is 1. The highest BCUT2D eigenvalue weighted by molar-refractivity contribution is 5.93. The summed E-state index contributed by atoms with van der Waals surface area (Å²) in [5.41, 5.74) is 7.09. The second kappa shape index (κ2) is 8.18. The molecule has 0 N–H and O–H groups in total. The van der Waals surface area contributed by atoms with Crippen molar-refractivity contribution in [3.8, 4) is 23.7 Å². The minimum absolute atomic E-state index is 0.226. The number of hydrogen-bond donors (Lipinski definition) is 0. The van der Waals surface area contributed by atoms with Crippen molar-refractivity contribution in [1.29, 1.82) is 0 Å². The molecule has 0 saturated carbocycles. The second-order valence-corrected chi connectivity index (χ2v) is 8.23. The molecular formula is C26H22FN3O2. The first-order valence-corrected chi connectivity index (χ1v) is 10.7. The summed E-state index contributed by atoms with van der Waals surface area (Å²) in [6.07, 6.45) is 8.87. The summed E-state index contributed by atoms with van der Waals surface area (Å²) >= 11 is 0. The Bertz CT molecular complexity index is 1280. The van der Waals surface area contributed by atoms with E-state index < -0.39 is 5.82 Å². The van der Waals surface area contributed by atoms with E-state index in [1.54, 1.807) is 12.1 Å². The van der Waals surface area contributed by atoms with E-state index in [0.717, 1.165) is 54.9 Å². The molecule has 0 aliphatic carbocycles. The van der Waals surface area contributed by atoms with E-state index in [1.807, 2.05) is 18.3 Å². The Morgan fingerprint density at radius 1 is 1.28 bits per heavy atom. The second-order valence-electron chi connectivity index (χ2n) is 8.23. The van der Waals surface area contributed by atoms with Gasteiger partial charge in [0, 0.05) is 48.9 Å². The van der Waals surface area contributed by atoms with Crippen LogP contribution < -0.4 is 0 Å². The van der Waals surface area contributed by atoms with Crippen molar-refractivity contribution in [2.24, 2.45) is 0 Å². The van der Waals surface area contributed by atoms with Crippen LogP contribution in [0.3, 0.4) is 0 Å². The molecule has 0 spiro atoms. The number of esters is 1. The fourth-order valence-electron chi connectivity index (χ4n) is 4.42. The Labute approximate surface area is 186 Å². The fraction of sp³-hybridized carbons (Fsp3) is 0.269. The lowest BCUT2D eigenvalue weighted by Gasteiger charge is -2.28. The molecule has 5 rings (SSSR count). The van der Waals surface area contributed by atoms with Gasteiger partial charge in [-0.05, 0) is 48.7 Å². The van der Waals surface area contributed by atoms with E-state index in [4.69, 9.17) is 16.1 Å². The monoisotopic (exact) mass is 427 g/mol. The van der Waals surface area contributed by atoms with Crippen LogP contribution in [0.25, 0.3) is 11.4 Å². The van der Waals surface area contributed by atoms with Crippen molar-refractivity contribution in [3.05, 3.63) is 81.4 Å². The van der Waals surface area contributed by atoms with E-state index in [9.17, 15) is 9.18 Å². The standard InChI is InChI=1S/C26H22FN3O2/c1-3-17-4-5-19(12-23(17)27)25-28-13-20-14-30(11-9-24(20)29-25)10-8-18-6-7-21-22(16(18)2)15-32-26(21)31/h1,4-7,12-13H,8-11,14-15H2,2H3. The number of carbonyl (C=O) groups is 1. The summed E-state index contributed by atoms with van der Waals surface area (Å²) in [7, 11) is 0. The predicted octanol–water partition coefficient (Wildman–Crippen LogP) is 3.84. The smallest absolute Gasteiger partial charge is 0.338 e. The van der Waals surface area contributed by atoms with Crippen LogP contribution in [-0.4, -0.2) is 33.9 Å². The van der Waals surface area contributed by atoms with Gasteiger partial charge in [-0.3, -0.25) is 4.90 Å². The minimum atomic E-state index is -0.435. The molecule has 3 aromatic rings. The van der Waals surface area contributed by atoms with Crippen LogP contribution in [0.15, 0.2) is 36.5 Å². The van der Waals surface area contributed by atoms with E-state index >= 15 is 0 Å². The van der Waals surface area contributed by atoms with Crippen LogP contribution in [0.5, 0.6) is 0 Å². The number of nitrogens with zero attached hydrogens (tertiary/aromatic N) is 3. The molecule has 6 heteroatoms. The van der Waals surface area contributed by atoms with Gasteiger partial charge in [-0.2, -0.15) is 0 Å². The molecule has 3 heterocycles. The topological polar surface area (TPSA) is 55.3 Å². The van der Waals surface area contributed by atoms with Crippen molar-refractivity contribution in [2.75, 3.05) is 13.1 Å². The third-order valence-electron chi connectivity index (χ3n) is 6.37. The quantitative estimate of drug-likeness (QED) is 0.468. The number of rotatable bonds is 4. The maximum absolute atomic E-state index is 14.0. The van der Waals surface area contributed by atoms with Gasteiger partial charge in [0.2, 0.25) is 0 Å². The average molecular weight is 427 g/mol. The van der Waals surface area contributed by atoms with E-state index in [-0.39, 0.29) is 11.5 Å². The molecule has 32 heavy (non-hydrogen) atoms. The van der Waals surface area contributed by atoms with Crippen LogP contribution >= 0.6 is 0 Å². The molecule has 1 aromatic heterocycles. The number of hydrogen-bond acceptors (Lipinski definition) is 5. The van der Waals surface area contributed by atoms with Crippen molar-refractivity contribution in [1.82, 2.24) is 14.9 Å². The number of terminal acetylenes is 1. The van der Waals surface area contributed by atoms with Gasteiger partial charge in [-0.1, -0.05) is 12.0 Å². The molecule has 0 atom stereocenters. The van der Waals surface area contributed by atoms with Crippen LogP contribution in [0, 0.1) is 25.1 Å². The molecule has 2 aliphatic rings. The zero-order chi connectivity index (χ0) is 22.2. The van der Waals surface area contributed by atoms with Gasteiger partial charge >= 0.3 is 5.97 Å². The first-order valence-electron chi connectivity index (χ1n) is 10.7. The summed E-state index contributed by atoms with van der Waals surface area (Å²) in [5.74, 6) is 2.19. The lowest BCUT2D eigenvalue weighted by atomic mass is 9.96. The number of benzene rings is 2. The van der Waals surface area contributed by atoms with Crippen LogP contribution in [0.1, 0.15) is 43.9 Å². The van der Waals surface area contributed by atoms with E-state index in [1.165, 1.54) is 11.6 Å². The van der Waals surface area contributed by atoms with Crippen molar-refractivity contribution >= 4 is 5.97 Å².